The van der Waals surface area contributed by atoms with Crippen LogP contribution in [0, 0.1) is 5.41 Å². The number of benzene rings is 2. The Labute approximate surface area is 260 Å². The van der Waals surface area contributed by atoms with Crippen LogP contribution in [0.3, 0.4) is 0 Å². The maximum absolute atomic E-state index is 14.0. The summed E-state index contributed by atoms with van der Waals surface area (Å²) in [6.07, 6.45) is 8.75. The number of nitrogens with two attached hydrogens (primary N) is 1. The number of carbonyl (C=O) groups excluding carboxylic acids is 2. The zero-order valence-electron chi connectivity index (χ0n) is 25.6. The predicted molar refractivity (Wildman–Crippen MR) is 171 cm³/mol. The second-order valence-electron chi connectivity index (χ2n) is 13.4. The number of carbonyl (C=O) groups is 2. The number of amides is 2. The van der Waals surface area contributed by atoms with Gasteiger partial charge in [-0.15, -0.1) is 11.8 Å². The molecule has 7 nitrogen and oxygen atoms in total. The van der Waals surface area contributed by atoms with Crippen LogP contribution in [0.25, 0.3) is 0 Å². The molecule has 0 unspecified atom stereocenters. The Balaban J connectivity index is 0.990. The van der Waals surface area contributed by atoms with E-state index in [1.54, 1.807) is 16.7 Å². The fraction of sp³-hybridized carbons (Fsp3) is 0.600. The molecular formula is C35H47N3O4S. The van der Waals surface area contributed by atoms with Gasteiger partial charge >= 0.3 is 0 Å². The maximum atomic E-state index is 14.0. The van der Waals surface area contributed by atoms with Gasteiger partial charge in [-0.2, -0.15) is 0 Å². The highest BCUT2D eigenvalue weighted by atomic mass is 32.2. The minimum Gasteiger partial charge on any atom is -0.378 e. The number of hydrogen-bond donors (Lipinski definition) is 2. The Morgan fingerprint density at radius 2 is 1.60 bits per heavy atom. The number of unbranched alkanes of at least 4 members (excludes halogenated alkanes) is 3. The summed E-state index contributed by atoms with van der Waals surface area (Å²) >= 11 is 1.75. The number of ether oxygens (including phenoxy) is 2. The summed E-state index contributed by atoms with van der Waals surface area (Å²) in [6, 6.07) is 15.6. The highest BCUT2D eigenvalue weighted by Gasteiger charge is 2.54. The Morgan fingerprint density at radius 1 is 0.953 bits per heavy atom. The molecular weight excluding hydrogens is 558 g/mol. The lowest BCUT2D eigenvalue weighted by Gasteiger charge is -2.34. The fourth-order valence-electron chi connectivity index (χ4n) is 7.53. The topological polar surface area (TPSA) is 93.9 Å². The van der Waals surface area contributed by atoms with Crippen molar-refractivity contribution in [3.8, 4) is 0 Å². The number of nitrogens with zero attached hydrogens (tertiary/aromatic N) is 1. The maximum Gasteiger partial charge on any atom is 0.243 e. The molecule has 2 aliphatic carbocycles. The van der Waals surface area contributed by atoms with Crippen LogP contribution in [0.15, 0.2) is 48.5 Å². The minimum atomic E-state index is -0.546. The molecule has 232 valence electrons. The highest BCUT2D eigenvalue weighted by Crippen LogP contribution is 2.46. The van der Waals surface area contributed by atoms with Gasteiger partial charge in [-0.1, -0.05) is 75.2 Å². The molecule has 2 aromatic carbocycles. The third kappa shape index (κ3) is 6.68. The lowest BCUT2D eigenvalue weighted by Crippen LogP contribution is -2.56. The number of thioether (sulfide) groups is 1. The average molecular weight is 606 g/mol. The molecule has 0 aromatic heterocycles. The number of hydrogen-bond acceptors (Lipinski definition) is 6. The van der Waals surface area contributed by atoms with Crippen molar-refractivity contribution in [1.29, 1.82) is 0 Å². The molecule has 2 aliphatic heterocycles. The first kappa shape index (κ1) is 30.6. The van der Waals surface area contributed by atoms with Crippen molar-refractivity contribution < 1.29 is 19.1 Å². The monoisotopic (exact) mass is 605 g/mol. The van der Waals surface area contributed by atoms with Crippen LogP contribution in [0.4, 0.5) is 0 Å². The van der Waals surface area contributed by atoms with E-state index in [0.29, 0.717) is 19.1 Å². The van der Waals surface area contributed by atoms with Gasteiger partial charge in [0, 0.05) is 19.6 Å². The second-order valence-corrected chi connectivity index (χ2v) is 14.7. The molecule has 5 atom stereocenters. The van der Waals surface area contributed by atoms with Crippen LogP contribution in [0.5, 0.6) is 0 Å². The van der Waals surface area contributed by atoms with Crippen molar-refractivity contribution in [2.45, 2.75) is 107 Å². The van der Waals surface area contributed by atoms with Crippen LogP contribution >= 0.6 is 11.8 Å². The summed E-state index contributed by atoms with van der Waals surface area (Å²) in [5, 5.41) is 3.34. The Morgan fingerprint density at radius 3 is 2.33 bits per heavy atom. The van der Waals surface area contributed by atoms with Crippen molar-refractivity contribution >= 4 is 23.6 Å². The van der Waals surface area contributed by atoms with E-state index >= 15 is 0 Å². The highest BCUT2D eigenvalue weighted by molar-refractivity contribution is 7.99. The van der Waals surface area contributed by atoms with E-state index in [1.165, 1.54) is 16.7 Å². The third-order valence-electron chi connectivity index (χ3n) is 9.81. The van der Waals surface area contributed by atoms with Crippen molar-refractivity contribution in [2.24, 2.45) is 11.1 Å². The molecule has 0 spiro atoms. The van der Waals surface area contributed by atoms with Crippen LogP contribution in [0.1, 0.15) is 80.7 Å². The van der Waals surface area contributed by atoms with Crippen molar-refractivity contribution in [1.82, 2.24) is 10.2 Å². The first-order chi connectivity index (χ1) is 20.8. The Kier molecular flexibility index (Phi) is 9.48. The van der Waals surface area contributed by atoms with Gasteiger partial charge in [0.15, 0.2) is 0 Å². The van der Waals surface area contributed by atoms with Gasteiger partial charge in [-0.05, 0) is 71.9 Å². The molecule has 8 heteroatoms. The fourth-order valence-corrected chi connectivity index (χ4v) is 9.13. The molecule has 0 bridgehead atoms. The average Bonchev–Trinajstić information content (AvgIpc) is 3.61. The van der Waals surface area contributed by atoms with Crippen LogP contribution in [-0.2, 0) is 38.3 Å². The molecule has 2 fully saturated rings. The smallest absolute Gasteiger partial charge is 0.243 e. The molecule has 3 N–H and O–H groups in total. The van der Waals surface area contributed by atoms with Gasteiger partial charge in [0.1, 0.15) is 6.04 Å². The zero-order valence-corrected chi connectivity index (χ0v) is 26.5. The largest absolute Gasteiger partial charge is 0.378 e. The van der Waals surface area contributed by atoms with E-state index in [9.17, 15) is 9.59 Å². The minimum absolute atomic E-state index is 0.00502. The molecule has 6 rings (SSSR count). The van der Waals surface area contributed by atoms with Crippen molar-refractivity contribution in [3.05, 3.63) is 70.8 Å². The predicted octanol–water partition coefficient (Wildman–Crippen LogP) is 4.95. The molecule has 2 amide bonds. The molecule has 2 aromatic rings. The Bertz CT molecular complexity index is 1280. The number of fused-ring (bicyclic) bond motifs is 3. The van der Waals surface area contributed by atoms with E-state index < -0.39 is 12.1 Å². The second kappa shape index (κ2) is 13.3. The van der Waals surface area contributed by atoms with Crippen LogP contribution in [-0.4, -0.2) is 65.3 Å². The van der Waals surface area contributed by atoms with E-state index in [-0.39, 0.29) is 34.7 Å². The molecule has 2 saturated heterocycles. The summed E-state index contributed by atoms with van der Waals surface area (Å²) in [4.78, 5) is 29.1. The van der Waals surface area contributed by atoms with E-state index in [1.807, 2.05) is 12.1 Å². The summed E-state index contributed by atoms with van der Waals surface area (Å²) in [5.74, 6) is 0.641. The van der Waals surface area contributed by atoms with E-state index in [2.05, 4.69) is 55.6 Å². The molecule has 4 aliphatic rings. The normalized spacial score (nSPS) is 27.9. The third-order valence-corrected chi connectivity index (χ3v) is 11.1. The van der Waals surface area contributed by atoms with Gasteiger partial charge in [0.05, 0.1) is 29.7 Å². The summed E-state index contributed by atoms with van der Waals surface area (Å²) in [7, 11) is 0. The van der Waals surface area contributed by atoms with Gasteiger partial charge in [0.25, 0.3) is 0 Å². The summed E-state index contributed by atoms with van der Waals surface area (Å²) < 4.78 is 12.6. The first-order valence-electron chi connectivity index (χ1n) is 16.2. The molecule has 43 heavy (non-hydrogen) atoms. The van der Waals surface area contributed by atoms with Crippen LogP contribution < -0.4 is 11.1 Å². The zero-order chi connectivity index (χ0) is 30.0. The summed E-state index contributed by atoms with van der Waals surface area (Å²) in [5.41, 5.74) is 11.1. The lowest BCUT2D eigenvalue weighted by atomic mass is 9.83. The molecule has 0 saturated carbocycles. The van der Waals surface area contributed by atoms with E-state index in [0.717, 1.165) is 69.3 Å². The standard InChI is InChI=1S/C35H47N3O4S/c1-35(2)22-30-38(34(40)28(36)15-18-43-30)32(35)33(39)37-31-27-14-8-7-13-25(27)21-29(31)42-17-10-4-3-9-16-41-26-19-23-11-5-6-12-24(23)20-26/h5-8,11-14,26,28-32H,3-4,9-10,15-22,36H2,1-2H3,(H,37,39)/t28-,29+,30-,31-,32+/m0/s1. The quantitative estimate of drug-likeness (QED) is 0.352. The SMILES string of the molecule is CC1(C)C[C@@H]2SCC[C@H](N)C(=O)N2[C@@H]1C(=O)N[C@H]1c2ccccc2C[C@H]1OCCCCCCOC1Cc2ccccc2C1. The Hall–Kier alpha value is -2.39. The molecule has 2 heterocycles. The van der Waals surface area contributed by atoms with Gasteiger partial charge < -0.3 is 25.4 Å². The van der Waals surface area contributed by atoms with Crippen molar-refractivity contribution in [2.75, 3.05) is 19.0 Å². The summed E-state index contributed by atoms with van der Waals surface area (Å²) in [6.45, 7) is 5.67. The van der Waals surface area contributed by atoms with Gasteiger partial charge in [-0.3, -0.25) is 9.59 Å². The number of nitrogens with one attached hydrogen (secondary N) is 1. The molecule has 0 radical (unpaired) electrons. The first-order valence-corrected chi connectivity index (χ1v) is 17.2. The van der Waals surface area contributed by atoms with E-state index in [4.69, 9.17) is 15.2 Å². The van der Waals surface area contributed by atoms with Crippen LogP contribution in [0.2, 0.25) is 0 Å². The lowest BCUT2D eigenvalue weighted by molar-refractivity contribution is -0.142. The van der Waals surface area contributed by atoms with Gasteiger partial charge in [-0.25, -0.2) is 0 Å². The number of rotatable bonds is 11. The van der Waals surface area contributed by atoms with Gasteiger partial charge in [0.2, 0.25) is 11.8 Å². The van der Waals surface area contributed by atoms with Crippen molar-refractivity contribution in [3.63, 3.8) is 0 Å².